The first-order chi connectivity index (χ1) is 9.83. The standard InChI is InChI=1S/C16H27N3O/c1-3-20-14-6-9-17-10-11-19-13-12-18(2)15-7-4-5-8-16(15)19/h4-5,7-8,17H,3,6,9-14H2,1-2H3. The number of anilines is 2. The van der Waals surface area contributed by atoms with Crippen molar-refractivity contribution >= 4 is 11.4 Å². The van der Waals surface area contributed by atoms with E-state index in [-0.39, 0.29) is 0 Å². The van der Waals surface area contributed by atoms with Gasteiger partial charge in [-0.15, -0.1) is 0 Å². The topological polar surface area (TPSA) is 27.7 Å². The highest BCUT2D eigenvalue weighted by Crippen LogP contribution is 2.31. The molecular weight excluding hydrogens is 250 g/mol. The van der Waals surface area contributed by atoms with E-state index in [0.29, 0.717) is 0 Å². The lowest BCUT2D eigenvalue weighted by Gasteiger charge is -2.37. The Morgan fingerprint density at radius 2 is 1.95 bits per heavy atom. The number of ether oxygens (including phenoxy) is 1. The third-order valence-electron chi connectivity index (χ3n) is 3.74. The van der Waals surface area contributed by atoms with Crippen molar-refractivity contribution in [2.75, 3.05) is 62.8 Å². The highest BCUT2D eigenvalue weighted by atomic mass is 16.5. The molecule has 1 N–H and O–H groups in total. The number of nitrogens with zero attached hydrogens (tertiary/aromatic N) is 2. The van der Waals surface area contributed by atoms with E-state index in [1.54, 1.807) is 0 Å². The van der Waals surface area contributed by atoms with Gasteiger partial charge in [-0.25, -0.2) is 0 Å². The summed E-state index contributed by atoms with van der Waals surface area (Å²) in [5.74, 6) is 0. The lowest BCUT2D eigenvalue weighted by atomic mass is 10.2. The van der Waals surface area contributed by atoms with Crippen molar-refractivity contribution in [1.29, 1.82) is 0 Å². The van der Waals surface area contributed by atoms with Crippen LogP contribution in [0, 0.1) is 0 Å². The van der Waals surface area contributed by atoms with Crippen molar-refractivity contribution in [2.24, 2.45) is 0 Å². The van der Waals surface area contributed by atoms with Crippen molar-refractivity contribution in [3.63, 3.8) is 0 Å². The van der Waals surface area contributed by atoms with Gasteiger partial charge in [-0.2, -0.15) is 0 Å². The van der Waals surface area contributed by atoms with Gasteiger partial charge < -0.3 is 19.9 Å². The van der Waals surface area contributed by atoms with Gasteiger partial charge in [-0.1, -0.05) is 12.1 Å². The largest absolute Gasteiger partial charge is 0.382 e. The van der Waals surface area contributed by atoms with Gasteiger partial charge >= 0.3 is 0 Å². The van der Waals surface area contributed by atoms with Gasteiger partial charge in [0.2, 0.25) is 0 Å². The Labute approximate surface area is 122 Å². The first-order valence-electron chi connectivity index (χ1n) is 7.66. The van der Waals surface area contributed by atoms with Crippen LogP contribution in [0.1, 0.15) is 13.3 Å². The molecule has 0 aliphatic carbocycles. The van der Waals surface area contributed by atoms with Crippen molar-refractivity contribution in [1.82, 2.24) is 5.32 Å². The molecule has 0 amide bonds. The minimum absolute atomic E-state index is 0.818. The summed E-state index contributed by atoms with van der Waals surface area (Å²) in [6.45, 7) is 9.06. The number of nitrogens with one attached hydrogen (secondary N) is 1. The molecule has 20 heavy (non-hydrogen) atoms. The Morgan fingerprint density at radius 1 is 1.15 bits per heavy atom. The van der Waals surface area contributed by atoms with E-state index in [9.17, 15) is 0 Å². The fourth-order valence-electron chi connectivity index (χ4n) is 2.58. The Kier molecular flexibility index (Phi) is 6.15. The number of rotatable bonds is 8. The smallest absolute Gasteiger partial charge is 0.0605 e. The summed E-state index contributed by atoms with van der Waals surface area (Å²) >= 11 is 0. The minimum Gasteiger partial charge on any atom is -0.382 e. The molecule has 1 heterocycles. The van der Waals surface area contributed by atoms with Crippen LogP contribution in [0.25, 0.3) is 0 Å². The summed E-state index contributed by atoms with van der Waals surface area (Å²) in [5, 5.41) is 3.50. The molecule has 0 bridgehead atoms. The average Bonchev–Trinajstić information content (AvgIpc) is 2.49. The van der Waals surface area contributed by atoms with Crippen LogP contribution in [0.3, 0.4) is 0 Å². The number of hydrogen-bond donors (Lipinski definition) is 1. The third kappa shape index (κ3) is 4.12. The van der Waals surface area contributed by atoms with Crippen molar-refractivity contribution in [3.05, 3.63) is 24.3 Å². The molecule has 0 saturated heterocycles. The fourth-order valence-corrected chi connectivity index (χ4v) is 2.58. The minimum atomic E-state index is 0.818. The van der Waals surface area contributed by atoms with Gasteiger partial charge in [0.25, 0.3) is 0 Å². The number of likely N-dealkylation sites (N-methyl/N-ethyl adjacent to an activating group) is 1. The molecule has 112 valence electrons. The molecule has 0 fully saturated rings. The molecule has 1 aromatic carbocycles. The average molecular weight is 277 g/mol. The van der Waals surface area contributed by atoms with Crippen LogP contribution in [-0.2, 0) is 4.74 Å². The normalized spacial score (nSPS) is 14.5. The molecule has 4 heteroatoms. The molecule has 1 aromatic rings. The summed E-state index contributed by atoms with van der Waals surface area (Å²) in [7, 11) is 2.17. The van der Waals surface area contributed by atoms with E-state index in [1.807, 2.05) is 6.92 Å². The van der Waals surface area contributed by atoms with Gasteiger partial charge in [0.15, 0.2) is 0 Å². The Balaban J connectivity index is 1.73. The summed E-state index contributed by atoms with van der Waals surface area (Å²) in [5.41, 5.74) is 2.70. The van der Waals surface area contributed by atoms with Crippen LogP contribution in [-0.4, -0.2) is 53.0 Å². The third-order valence-corrected chi connectivity index (χ3v) is 3.74. The lowest BCUT2D eigenvalue weighted by molar-refractivity contribution is 0.145. The quantitative estimate of drug-likeness (QED) is 0.735. The maximum atomic E-state index is 5.33. The van der Waals surface area contributed by atoms with Gasteiger partial charge in [0.1, 0.15) is 0 Å². The highest BCUT2D eigenvalue weighted by Gasteiger charge is 2.18. The van der Waals surface area contributed by atoms with E-state index in [4.69, 9.17) is 4.74 Å². The number of fused-ring (bicyclic) bond motifs is 1. The van der Waals surface area contributed by atoms with Gasteiger partial charge in [-0.3, -0.25) is 0 Å². The molecule has 0 atom stereocenters. The maximum absolute atomic E-state index is 5.33. The number of para-hydroxylation sites is 2. The highest BCUT2D eigenvalue weighted by molar-refractivity contribution is 5.73. The second-order valence-corrected chi connectivity index (χ2v) is 5.20. The first-order valence-corrected chi connectivity index (χ1v) is 7.66. The van der Waals surface area contributed by atoms with Crippen LogP contribution < -0.4 is 15.1 Å². The summed E-state index contributed by atoms with van der Waals surface area (Å²) < 4.78 is 5.33. The Morgan fingerprint density at radius 3 is 2.75 bits per heavy atom. The van der Waals surface area contributed by atoms with Crippen molar-refractivity contribution < 1.29 is 4.74 Å². The van der Waals surface area contributed by atoms with Gasteiger partial charge in [0, 0.05) is 46.4 Å². The zero-order valence-corrected chi connectivity index (χ0v) is 12.8. The monoisotopic (exact) mass is 277 g/mol. The summed E-state index contributed by atoms with van der Waals surface area (Å²) in [6.07, 6.45) is 1.09. The fraction of sp³-hybridized carbons (Fsp3) is 0.625. The molecule has 0 spiro atoms. The number of hydrogen-bond acceptors (Lipinski definition) is 4. The summed E-state index contributed by atoms with van der Waals surface area (Å²) in [4.78, 5) is 4.81. The van der Waals surface area contributed by atoms with Crippen LogP contribution in [0.4, 0.5) is 11.4 Å². The van der Waals surface area contributed by atoms with Gasteiger partial charge in [-0.05, 0) is 32.0 Å². The second-order valence-electron chi connectivity index (χ2n) is 5.20. The first kappa shape index (κ1) is 15.1. The van der Waals surface area contributed by atoms with Crippen LogP contribution >= 0.6 is 0 Å². The molecule has 1 aliphatic heterocycles. The predicted molar refractivity (Wildman–Crippen MR) is 85.9 cm³/mol. The predicted octanol–water partition coefficient (Wildman–Crippen LogP) is 1.96. The van der Waals surface area contributed by atoms with E-state index in [1.165, 1.54) is 11.4 Å². The van der Waals surface area contributed by atoms with Gasteiger partial charge in [0.05, 0.1) is 11.4 Å². The van der Waals surface area contributed by atoms with E-state index < -0.39 is 0 Å². The Bertz CT molecular complexity index is 397. The molecule has 0 radical (unpaired) electrons. The van der Waals surface area contributed by atoms with Crippen LogP contribution in [0.15, 0.2) is 24.3 Å². The second kappa shape index (κ2) is 8.12. The maximum Gasteiger partial charge on any atom is 0.0605 e. The number of benzene rings is 1. The SMILES string of the molecule is CCOCCCNCCN1CCN(C)c2ccccc21. The summed E-state index contributed by atoms with van der Waals surface area (Å²) in [6, 6.07) is 8.67. The molecule has 4 nitrogen and oxygen atoms in total. The zero-order chi connectivity index (χ0) is 14.2. The van der Waals surface area contributed by atoms with Crippen LogP contribution in [0.2, 0.25) is 0 Å². The Hall–Kier alpha value is -1.26. The van der Waals surface area contributed by atoms with E-state index in [0.717, 1.165) is 52.4 Å². The molecule has 1 aliphatic rings. The van der Waals surface area contributed by atoms with Crippen molar-refractivity contribution in [3.8, 4) is 0 Å². The molecule has 0 unspecified atom stereocenters. The molecule has 0 saturated carbocycles. The molecular formula is C16H27N3O. The molecule has 0 aromatic heterocycles. The lowest BCUT2D eigenvalue weighted by Crippen LogP contribution is -2.42. The molecule has 2 rings (SSSR count). The van der Waals surface area contributed by atoms with Crippen molar-refractivity contribution in [2.45, 2.75) is 13.3 Å². The zero-order valence-electron chi connectivity index (χ0n) is 12.8. The van der Waals surface area contributed by atoms with E-state index >= 15 is 0 Å². The van der Waals surface area contributed by atoms with Crippen LogP contribution in [0.5, 0.6) is 0 Å². The van der Waals surface area contributed by atoms with E-state index in [2.05, 4.69) is 46.4 Å².